The van der Waals surface area contributed by atoms with Crippen LogP contribution in [0.25, 0.3) is 0 Å². The van der Waals surface area contributed by atoms with Crippen LogP contribution in [0.3, 0.4) is 0 Å². The molecule has 0 aliphatic rings. The normalized spacial score (nSPS) is 12.7. The minimum Gasteiger partial charge on any atom is -0.465 e. The maximum absolute atomic E-state index is 11.5. The molecule has 0 aromatic heterocycles. The molecule has 0 fully saturated rings. The summed E-state index contributed by atoms with van der Waals surface area (Å²) >= 11 is 0. The second kappa shape index (κ2) is 5.50. The fourth-order valence-electron chi connectivity index (χ4n) is 1.11. The van der Waals surface area contributed by atoms with Crippen LogP contribution in [-0.4, -0.2) is 24.3 Å². The van der Waals surface area contributed by atoms with Crippen LogP contribution in [0.5, 0.6) is 0 Å². The highest BCUT2D eigenvalue weighted by atomic mass is 16.5. The number of aliphatic hydroxyl groups excluding tert-OH is 1. The molecule has 0 aliphatic carbocycles. The molecule has 0 aliphatic heterocycles. The zero-order chi connectivity index (χ0) is 12.1. The van der Waals surface area contributed by atoms with E-state index in [1.807, 2.05) is 34.6 Å². The van der Waals surface area contributed by atoms with Crippen molar-refractivity contribution in [1.29, 1.82) is 0 Å². The molecule has 1 N–H and O–H groups in total. The lowest BCUT2D eigenvalue weighted by Gasteiger charge is -2.26. The molecule has 0 spiro atoms. The number of ether oxygens (including phenoxy) is 1. The Labute approximate surface area is 92.8 Å². The van der Waals surface area contributed by atoms with Gasteiger partial charge in [0.05, 0.1) is 12.0 Å². The third-order valence-corrected chi connectivity index (χ3v) is 2.22. The van der Waals surface area contributed by atoms with E-state index in [1.165, 1.54) is 0 Å². The van der Waals surface area contributed by atoms with E-state index >= 15 is 0 Å². The highest BCUT2D eigenvalue weighted by Crippen LogP contribution is 2.24. The summed E-state index contributed by atoms with van der Waals surface area (Å²) in [7, 11) is 0. The lowest BCUT2D eigenvalue weighted by atomic mass is 9.89. The summed E-state index contributed by atoms with van der Waals surface area (Å²) in [6.07, 6.45) is 1.61. The minimum absolute atomic E-state index is 0.0519. The molecule has 0 rings (SSSR count). The van der Waals surface area contributed by atoms with Gasteiger partial charge in [-0.25, -0.2) is 0 Å². The first-order valence-electron chi connectivity index (χ1n) is 5.47. The Hall–Kier alpha value is -0.570. The predicted octanol–water partition coefficient (Wildman–Crippen LogP) is 2.37. The summed E-state index contributed by atoms with van der Waals surface area (Å²) in [5, 5.41) is 8.73. The quantitative estimate of drug-likeness (QED) is 0.718. The van der Waals surface area contributed by atoms with E-state index in [4.69, 9.17) is 9.84 Å². The number of hydrogen-bond acceptors (Lipinski definition) is 3. The zero-order valence-corrected chi connectivity index (χ0v) is 10.6. The Morgan fingerprint density at radius 1 is 1.20 bits per heavy atom. The third-order valence-electron chi connectivity index (χ3n) is 2.22. The monoisotopic (exact) mass is 216 g/mol. The summed E-state index contributed by atoms with van der Waals surface area (Å²) in [5.41, 5.74) is -0.489. The SMILES string of the molecule is CC(C)(CCCO)COC(=O)C(C)(C)C. The van der Waals surface area contributed by atoms with Gasteiger partial charge in [-0.15, -0.1) is 0 Å². The van der Waals surface area contributed by atoms with E-state index in [-0.39, 0.29) is 18.0 Å². The van der Waals surface area contributed by atoms with Crippen molar-refractivity contribution in [3.8, 4) is 0 Å². The van der Waals surface area contributed by atoms with Crippen molar-refractivity contribution in [2.45, 2.75) is 47.5 Å². The zero-order valence-electron chi connectivity index (χ0n) is 10.6. The van der Waals surface area contributed by atoms with Crippen molar-refractivity contribution in [3.63, 3.8) is 0 Å². The molecule has 0 saturated heterocycles. The van der Waals surface area contributed by atoms with E-state index in [1.54, 1.807) is 0 Å². The molecule has 0 heterocycles. The molecule has 0 aromatic carbocycles. The summed E-state index contributed by atoms with van der Waals surface area (Å²) in [6.45, 7) is 10.2. The first-order valence-corrected chi connectivity index (χ1v) is 5.47. The number of esters is 1. The van der Waals surface area contributed by atoms with Gasteiger partial charge in [-0.3, -0.25) is 4.79 Å². The van der Waals surface area contributed by atoms with Gasteiger partial charge >= 0.3 is 5.97 Å². The molecule has 0 aromatic rings. The average molecular weight is 216 g/mol. The maximum Gasteiger partial charge on any atom is 0.311 e. The Bertz CT molecular complexity index is 201. The Kier molecular flexibility index (Phi) is 5.29. The van der Waals surface area contributed by atoms with E-state index in [2.05, 4.69) is 0 Å². The minimum atomic E-state index is -0.437. The molecule has 3 heteroatoms. The number of rotatable bonds is 5. The number of carbonyl (C=O) groups excluding carboxylic acids is 1. The fourth-order valence-corrected chi connectivity index (χ4v) is 1.11. The molecule has 0 radical (unpaired) electrons. The van der Waals surface area contributed by atoms with Gasteiger partial charge in [0, 0.05) is 6.61 Å². The van der Waals surface area contributed by atoms with Gasteiger partial charge in [-0.1, -0.05) is 13.8 Å². The van der Waals surface area contributed by atoms with Crippen LogP contribution in [0.4, 0.5) is 0 Å². The molecular formula is C12H24O3. The molecule has 15 heavy (non-hydrogen) atoms. The molecule has 0 saturated carbocycles. The van der Waals surface area contributed by atoms with Gasteiger partial charge in [0.2, 0.25) is 0 Å². The van der Waals surface area contributed by atoms with E-state index in [0.717, 1.165) is 12.8 Å². The lowest BCUT2D eigenvalue weighted by molar-refractivity contribution is -0.156. The topological polar surface area (TPSA) is 46.5 Å². The predicted molar refractivity (Wildman–Crippen MR) is 60.5 cm³/mol. The Balaban J connectivity index is 3.98. The molecule has 90 valence electrons. The van der Waals surface area contributed by atoms with Crippen LogP contribution >= 0.6 is 0 Å². The Morgan fingerprint density at radius 2 is 1.73 bits per heavy atom. The van der Waals surface area contributed by atoms with Gasteiger partial charge in [-0.05, 0) is 39.0 Å². The van der Waals surface area contributed by atoms with Crippen LogP contribution in [-0.2, 0) is 9.53 Å². The van der Waals surface area contributed by atoms with Gasteiger partial charge in [-0.2, -0.15) is 0 Å². The van der Waals surface area contributed by atoms with Crippen LogP contribution in [0, 0.1) is 10.8 Å². The molecule has 3 nitrogen and oxygen atoms in total. The second-order valence-corrected chi connectivity index (χ2v) is 5.82. The van der Waals surface area contributed by atoms with E-state index in [9.17, 15) is 4.79 Å². The van der Waals surface area contributed by atoms with Crippen molar-refractivity contribution >= 4 is 5.97 Å². The van der Waals surface area contributed by atoms with Crippen LogP contribution in [0.15, 0.2) is 0 Å². The summed E-state index contributed by atoms with van der Waals surface area (Å²) < 4.78 is 5.25. The second-order valence-electron chi connectivity index (χ2n) is 5.82. The van der Waals surface area contributed by atoms with Crippen molar-refractivity contribution in [1.82, 2.24) is 0 Å². The summed E-state index contributed by atoms with van der Waals surface area (Å²) in [4.78, 5) is 11.5. The summed E-state index contributed by atoms with van der Waals surface area (Å²) in [6, 6.07) is 0. The van der Waals surface area contributed by atoms with Crippen LogP contribution in [0.2, 0.25) is 0 Å². The van der Waals surface area contributed by atoms with Gasteiger partial charge in [0.1, 0.15) is 0 Å². The highest BCUT2D eigenvalue weighted by Gasteiger charge is 2.26. The van der Waals surface area contributed by atoms with Gasteiger partial charge in [0.25, 0.3) is 0 Å². The molecule has 0 amide bonds. The van der Waals surface area contributed by atoms with Crippen LogP contribution < -0.4 is 0 Å². The largest absolute Gasteiger partial charge is 0.465 e. The number of hydrogen-bond donors (Lipinski definition) is 1. The van der Waals surface area contributed by atoms with Gasteiger partial charge in [0.15, 0.2) is 0 Å². The van der Waals surface area contributed by atoms with Gasteiger partial charge < -0.3 is 9.84 Å². The number of aliphatic hydroxyl groups is 1. The molecule has 0 bridgehead atoms. The summed E-state index contributed by atoms with van der Waals surface area (Å²) in [5.74, 6) is -0.167. The van der Waals surface area contributed by atoms with Crippen molar-refractivity contribution in [2.24, 2.45) is 10.8 Å². The van der Waals surface area contributed by atoms with Crippen molar-refractivity contribution in [2.75, 3.05) is 13.2 Å². The third kappa shape index (κ3) is 6.50. The molecule has 0 unspecified atom stereocenters. The van der Waals surface area contributed by atoms with Crippen molar-refractivity contribution < 1.29 is 14.6 Å². The first kappa shape index (κ1) is 14.4. The maximum atomic E-state index is 11.5. The molecular weight excluding hydrogens is 192 g/mol. The van der Waals surface area contributed by atoms with Crippen LogP contribution in [0.1, 0.15) is 47.5 Å². The number of carbonyl (C=O) groups is 1. The first-order chi connectivity index (χ1) is 6.69. The molecule has 0 atom stereocenters. The van der Waals surface area contributed by atoms with E-state index < -0.39 is 5.41 Å². The average Bonchev–Trinajstić information content (AvgIpc) is 2.09. The van der Waals surface area contributed by atoms with E-state index in [0.29, 0.717) is 6.61 Å². The smallest absolute Gasteiger partial charge is 0.311 e. The Morgan fingerprint density at radius 3 is 2.13 bits per heavy atom. The fraction of sp³-hybridized carbons (Fsp3) is 0.917. The van der Waals surface area contributed by atoms with Crippen molar-refractivity contribution in [3.05, 3.63) is 0 Å². The highest BCUT2D eigenvalue weighted by molar-refractivity contribution is 5.75. The lowest BCUT2D eigenvalue weighted by Crippen LogP contribution is -2.28. The standard InChI is InChI=1S/C12H24O3/c1-11(2,3)10(14)15-9-12(4,5)7-6-8-13/h13H,6-9H2,1-5H3.